The van der Waals surface area contributed by atoms with Crippen LogP contribution >= 0.6 is 0 Å². The van der Waals surface area contributed by atoms with Gasteiger partial charge in [0.1, 0.15) is 11.4 Å². The lowest BCUT2D eigenvalue weighted by molar-refractivity contribution is 0.0812. The van der Waals surface area contributed by atoms with E-state index in [9.17, 15) is 4.79 Å². The molecule has 0 radical (unpaired) electrons. The van der Waals surface area contributed by atoms with Crippen molar-refractivity contribution >= 4 is 11.9 Å². The van der Waals surface area contributed by atoms with Crippen molar-refractivity contribution in [1.82, 2.24) is 4.90 Å². The minimum atomic E-state index is -0.335. The molecule has 4 nitrogen and oxygen atoms in total. The van der Waals surface area contributed by atoms with Crippen LogP contribution < -0.4 is 5.73 Å². The van der Waals surface area contributed by atoms with Crippen molar-refractivity contribution in [3.05, 3.63) is 0 Å². The lowest BCUT2D eigenvalue weighted by Crippen LogP contribution is -2.62. The third-order valence-corrected chi connectivity index (χ3v) is 4.23. The van der Waals surface area contributed by atoms with Gasteiger partial charge in [-0.15, -0.1) is 0 Å². The maximum atomic E-state index is 11.9. The molecule has 1 atom stereocenters. The molecule has 4 heteroatoms. The van der Waals surface area contributed by atoms with Crippen molar-refractivity contribution in [2.75, 3.05) is 0 Å². The first-order valence-electron chi connectivity index (χ1n) is 6.01. The number of carbonyl (C=O) groups excluding carboxylic acids is 1. The number of urea groups is 1. The van der Waals surface area contributed by atoms with Crippen molar-refractivity contribution in [3.63, 3.8) is 0 Å². The fourth-order valence-electron chi connectivity index (χ4n) is 3.45. The van der Waals surface area contributed by atoms with Gasteiger partial charge >= 0.3 is 6.03 Å². The third-order valence-electron chi connectivity index (χ3n) is 4.23. The van der Waals surface area contributed by atoms with Crippen molar-refractivity contribution in [3.8, 4) is 0 Å². The second kappa shape index (κ2) is 3.22. The van der Waals surface area contributed by atoms with Gasteiger partial charge in [0.2, 0.25) is 0 Å². The van der Waals surface area contributed by atoms with Crippen molar-refractivity contribution in [2.24, 2.45) is 16.1 Å². The summed E-state index contributed by atoms with van der Waals surface area (Å²) in [7, 11) is 0. The molecule has 1 spiro atoms. The minimum Gasteiger partial charge on any atom is -0.385 e. The van der Waals surface area contributed by atoms with Gasteiger partial charge in [0.05, 0.1) is 0 Å². The smallest absolute Gasteiger partial charge is 0.346 e. The maximum absolute atomic E-state index is 11.9. The second-order valence-electron chi connectivity index (χ2n) is 5.84. The SMILES string of the molecule is CC(C)N1C(=O)N=C(N)C12CCCC2(C)C. The minimum absolute atomic E-state index is 0.0248. The normalized spacial score (nSPS) is 32.9. The van der Waals surface area contributed by atoms with Crippen molar-refractivity contribution in [1.29, 1.82) is 0 Å². The molecule has 0 aromatic rings. The number of hydrogen-bond donors (Lipinski definition) is 1. The number of aliphatic imine (C=N–C) groups is 1. The largest absolute Gasteiger partial charge is 0.385 e. The first-order valence-corrected chi connectivity index (χ1v) is 6.01. The molecular weight excluding hydrogens is 202 g/mol. The Kier molecular flexibility index (Phi) is 2.30. The second-order valence-corrected chi connectivity index (χ2v) is 5.84. The number of amidine groups is 1. The van der Waals surface area contributed by atoms with Gasteiger partial charge in [-0.25, -0.2) is 4.79 Å². The highest BCUT2D eigenvalue weighted by atomic mass is 16.2. The van der Waals surface area contributed by atoms with E-state index in [-0.39, 0.29) is 23.0 Å². The lowest BCUT2D eigenvalue weighted by Gasteiger charge is -2.46. The number of nitrogens with zero attached hydrogens (tertiary/aromatic N) is 2. The van der Waals surface area contributed by atoms with Crippen molar-refractivity contribution < 1.29 is 4.79 Å². The zero-order chi connectivity index (χ0) is 12.1. The van der Waals surface area contributed by atoms with E-state index in [2.05, 4.69) is 18.8 Å². The molecule has 2 amide bonds. The third kappa shape index (κ3) is 1.16. The molecular formula is C12H21N3O. The average Bonchev–Trinajstić information content (AvgIpc) is 2.54. The summed E-state index contributed by atoms with van der Waals surface area (Å²) in [4.78, 5) is 17.8. The summed E-state index contributed by atoms with van der Waals surface area (Å²) < 4.78 is 0. The van der Waals surface area contributed by atoms with Crippen LogP contribution in [0.2, 0.25) is 0 Å². The molecule has 2 aliphatic rings. The standard InChI is InChI=1S/C12H21N3O/c1-8(2)15-10(16)14-9(13)12(15)7-5-6-11(12,3)4/h8H,5-7H2,1-4H3,(H2,13,14,16). The Morgan fingerprint density at radius 2 is 2.00 bits per heavy atom. The van der Waals surface area contributed by atoms with Gasteiger partial charge in [-0.1, -0.05) is 13.8 Å². The van der Waals surface area contributed by atoms with E-state index in [1.165, 1.54) is 0 Å². The first kappa shape index (κ1) is 11.4. The van der Waals surface area contributed by atoms with Crippen molar-refractivity contribution in [2.45, 2.75) is 58.5 Å². The van der Waals surface area contributed by atoms with Gasteiger partial charge in [-0.2, -0.15) is 4.99 Å². The lowest BCUT2D eigenvalue weighted by atomic mass is 9.73. The monoisotopic (exact) mass is 223 g/mol. The Bertz CT molecular complexity index is 359. The summed E-state index contributed by atoms with van der Waals surface area (Å²) in [5, 5.41) is 0. The Hall–Kier alpha value is -1.06. The molecule has 2 rings (SSSR count). The molecule has 90 valence electrons. The van der Waals surface area contributed by atoms with Gasteiger partial charge in [0, 0.05) is 6.04 Å². The van der Waals surface area contributed by atoms with Gasteiger partial charge in [0.15, 0.2) is 0 Å². The molecule has 0 saturated heterocycles. The Balaban J connectivity index is 2.52. The highest BCUT2D eigenvalue weighted by molar-refractivity contribution is 6.06. The Morgan fingerprint density at radius 1 is 1.38 bits per heavy atom. The van der Waals surface area contributed by atoms with E-state index in [0.717, 1.165) is 19.3 Å². The fourth-order valence-corrected chi connectivity index (χ4v) is 3.45. The van der Waals surface area contributed by atoms with Crippen LogP contribution in [0, 0.1) is 5.41 Å². The van der Waals surface area contributed by atoms with Crippen LogP contribution in [0.15, 0.2) is 4.99 Å². The van der Waals surface area contributed by atoms with E-state index < -0.39 is 0 Å². The zero-order valence-corrected chi connectivity index (χ0v) is 10.6. The number of amides is 2. The summed E-state index contributed by atoms with van der Waals surface area (Å²) in [6.07, 6.45) is 3.15. The topological polar surface area (TPSA) is 58.7 Å². The predicted octanol–water partition coefficient (Wildman–Crippen LogP) is 2.14. The Labute approximate surface area is 96.9 Å². The summed E-state index contributed by atoms with van der Waals surface area (Å²) in [6, 6.07) is -0.0165. The predicted molar refractivity (Wildman–Crippen MR) is 64.4 cm³/mol. The molecule has 1 saturated carbocycles. The molecule has 1 fully saturated rings. The highest BCUT2D eigenvalue weighted by Crippen LogP contribution is 2.52. The van der Waals surface area contributed by atoms with Crippen LogP contribution in [0.1, 0.15) is 47.0 Å². The number of rotatable bonds is 1. The van der Waals surface area contributed by atoms with Crippen LogP contribution in [0.4, 0.5) is 4.79 Å². The van der Waals surface area contributed by atoms with Crippen LogP contribution in [-0.2, 0) is 0 Å². The van der Waals surface area contributed by atoms with Gasteiger partial charge < -0.3 is 10.6 Å². The summed E-state index contributed by atoms with van der Waals surface area (Å²) >= 11 is 0. The molecule has 1 unspecified atom stereocenters. The van der Waals surface area contributed by atoms with E-state index in [1.54, 1.807) is 0 Å². The number of carbonyl (C=O) groups is 1. The van der Waals surface area contributed by atoms with Gasteiger partial charge in [0.25, 0.3) is 0 Å². The molecule has 16 heavy (non-hydrogen) atoms. The molecule has 1 aliphatic heterocycles. The summed E-state index contributed by atoms with van der Waals surface area (Å²) in [5.41, 5.74) is 5.75. The molecule has 0 aromatic carbocycles. The summed E-state index contributed by atoms with van der Waals surface area (Å²) in [5.74, 6) is 0.522. The first-order chi connectivity index (χ1) is 7.33. The van der Waals surface area contributed by atoms with Crippen LogP contribution in [0.5, 0.6) is 0 Å². The van der Waals surface area contributed by atoms with E-state index in [0.29, 0.717) is 5.84 Å². The molecule has 1 heterocycles. The fraction of sp³-hybridized carbons (Fsp3) is 0.833. The van der Waals surface area contributed by atoms with Crippen LogP contribution in [-0.4, -0.2) is 28.3 Å². The van der Waals surface area contributed by atoms with E-state index in [4.69, 9.17) is 5.73 Å². The zero-order valence-electron chi connectivity index (χ0n) is 10.6. The van der Waals surface area contributed by atoms with Crippen LogP contribution in [0.25, 0.3) is 0 Å². The van der Waals surface area contributed by atoms with Gasteiger partial charge in [-0.05, 0) is 38.5 Å². The Morgan fingerprint density at radius 3 is 2.44 bits per heavy atom. The molecule has 2 N–H and O–H groups in total. The van der Waals surface area contributed by atoms with E-state index in [1.807, 2.05) is 18.7 Å². The highest BCUT2D eigenvalue weighted by Gasteiger charge is 2.60. The maximum Gasteiger partial charge on any atom is 0.346 e. The van der Waals surface area contributed by atoms with Gasteiger partial charge in [-0.3, -0.25) is 0 Å². The number of nitrogens with two attached hydrogens (primary N) is 1. The molecule has 0 aromatic heterocycles. The molecule has 1 aliphatic carbocycles. The summed E-state index contributed by atoms with van der Waals surface area (Å²) in [6.45, 7) is 8.44. The number of hydrogen-bond acceptors (Lipinski definition) is 2. The molecule has 0 bridgehead atoms. The van der Waals surface area contributed by atoms with Crippen LogP contribution in [0.3, 0.4) is 0 Å². The van der Waals surface area contributed by atoms with E-state index >= 15 is 0 Å². The average molecular weight is 223 g/mol. The quantitative estimate of drug-likeness (QED) is 0.740.